The molecule has 0 bridgehead atoms. The van der Waals surface area contributed by atoms with Gasteiger partial charge in [-0.05, 0) is 24.3 Å². The van der Waals surface area contributed by atoms with Gasteiger partial charge in [-0.1, -0.05) is 29.3 Å². The van der Waals surface area contributed by atoms with Crippen molar-refractivity contribution in [1.29, 1.82) is 0 Å². The first-order valence-electron chi connectivity index (χ1n) is 6.02. The average Bonchev–Trinajstić information content (AvgIpc) is 2.45. The van der Waals surface area contributed by atoms with Gasteiger partial charge in [-0.15, -0.1) is 0 Å². The van der Waals surface area contributed by atoms with Gasteiger partial charge in [0.25, 0.3) is 5.69 Å². The van der Waals surface area contributed by atoms with Gasteiger partial charge in [-0.2, -0.15) is 0 Å². The van der Waals surface area contributed by atoms with E-state index in [4.69, 9.17) is 27.9 Å². The zero-order valence-electron chi connectivity index (χ0n) is 11.1. The molecule has 21 heavy (non-hydrogen) atoms. The van der Waals surface area contributed by atoms with Gasteiger partial charge in [0.1, 0.15) is 10.8 Å². The summed E-state index contributed by atoms with van der Waals surface area (Å²) in [6.45, 7) is 0.414. The zero-order valence-corrected chi connectivity index (χ0v) is 12.6. The van der Waals surface area contributed by atoms with Gasteiger partial charge in [0.2, 0.25) is 0 Å². The minimum atomic E-state index is -0.525. The number of anilines is 1. The number of hydrogen-bond acceptors (Lipinski definition) is 4. The van der Waals surface area contributed by atoms with Gasteiger partial charge in [-0.3, -0.25) is 10.1 Å². The van der Waals surface area contributed by atoms with Crippen LogP contribution in [-0.4, -0.2) is 12.0 Å². The molecule has 2 rings (SSSR count). The van der Waals surface area contributed by atoms with Crippen LogP contribution in [0.5, 0.6) is 5.75 Å². The number of rotatable bonds is 5. The number of benzene rings is 2. The number of halogens is 2. The fraction of sp³-hybridized carbons (Fsp3) is 0.143. The molecule has 0 spiro atoms. The van der Waals surface area contributed by atoms with Crippen LogP contribution in [0.2, 0.25) is 10.0 Å². The molecule has 0 amide bonds. The van der Waals surface area contributed by atoms with Crippen molar-refractivity contribution >= 4 is 34.6 Å². The molecule has 0 aliphatic carbocycles. The average molecular weight is 327 g/mol. The van der Waals surface area contributed by atoms with Crippen LogP contribution >= 0.6 is 23.2 Å². The second kappa shape index (κ2) is 6.65. The molecular formula is C14H12Cl2N2O3. The Bertz CT molecular complexity index is 677. The lowest BCUT2D eigenvalue weighted by atomic mass is 10.2. The molecule has 2 aromatic rings. The first-order chi connectivity index (χ1) is 10.0. The minimum absolute atomic E-state index is 0.0797. The summed E-state index contributed by atoms with van der Waals surface area (Å²) in [6.07, 6.45) is 0. The number of ether oxygens (including phenoxy) is 1. The Morgan fingerprint density at radius 3 is 2.62 bits per heavy atom. The lowest BCUT2D eigenvalue weighted by Gasteiger charge is -2.12. The van der Waals surface area contributed by atoms with Crippen molar-refractivity contribution in [3.8, 4) is 5.75 Å². The van der Waals surface area contributed by atoms with E-state index in [1.807, 2.05) is 6.07 Å². The van der Waals surface area contributed by atoms with Gasteiger partial charge >= 0.3 is 0 Å². The van der Waals surface area contributed by atoms with Crippen LogP contribution in [0, 0.1) is 10.1 Å². The zero-order chi connectivity index (χ0) is 15.4. The summed E-state index contributed by atoms with van der Waals surface area (Å²) in [4.78, 5) is 10.2. The number of hydrogen-bond donors (Lipinski definition) is 1. The summed E-state index contributed by atoms with van der Waals surface area (Å²) >= 11 is 12.0. The molecule has 0 aliphatic rings. The molecule has 7 heteroatoms. The summed E-state index contributed by atoms with van der Waals surface area (Å²) in [7, 11) is 1.57. The monoisotopic (exact) mass is 326 g/mol. The molecule has 0 unspecified atom stereocenters. The van der Waals surface area contributed by atoms with E-state index in [0.717, 1.165) is 5.56 Å². The van der Waals surface area contributed by atoms with Crippen LogP contribution in [0.25, 0.3) is 0 Å². The lowest BCUT2D eigenvalue weighted by molar-refractivity contribution is -0.384. The number of nitrogens with one attached hydrogen (secondary N) is 1. The van der Waals surface area contributed by atoms with Gasteiger partial charge < -0.3 is 10.1 Å². The molecule has 110 valence electrons. The van der Waals surface area contributed by atoms with Crippen LogP contribution in [-0.2, 0) is 6.54 Å². The fourth-order valence-corrected chi connectivity index (χ4v) is 2.34. The third-order valence-electron chi connectivity index (χ3n) is 2.91. The topological polar surface area (TPSA) is 64.4 Å². The van der Waals surface area contributed by atoms with Crippen molar-refractivity contribution in [1.82, 2.24) is 0 Å². The van der Waals surface area contributed by atoms with Crippen molar-refractivity contribution in [2.45, 2.75) is 6.54 Å². The first kappa shape index (κ1) is 15.4. The van der Waals surface area contributed by atoms with Gasteiger partial charge in [0, 0.05) is 28.9 Å². The molecular weight excluding hydrogens is 315 g/mol. The van der Waals surface area contributed by atoms with E-state index < -0.39 is 4.92 Å². The van der Waals surface area contributed by atoms with Gasteiger partial charge in [-0.25, -0.2) is 0 Å². The second-order valence-electron chi connectivity index (χ2n) is 4.20. The Morgan fingerprint density at radius 1 is 1.24 bits per heavy atom. The highest BCUT2D eigenvalue weighted by atomic mass is 35.5. The lowest BCUT2D eigenvalue weighted by Crippen LogP contribution is -2.03. The van der Waals surface area contributed by atoms with Crippen LogP contribution in [0.4, 0.5) is 11.4 Å². The molecule has 1 N–H and O–H groups in total. The highest BCUT2D eigenvalue weighted by Gasteiger charge is 2.13. The van der Waals surface area contributed by atoms with Gasteiger partial charge in [0.05, 0.1) is 12.0 Å². The third kappa shape index (κ3) is 3.56. The molecule has 0 aliphatic heterocycles. The number of nitro groups is 1. The Balaban J connectivity index is 2.17. The number of methoxy groups -OCH3 is 1. The van der Waals surface area contributed by atoms with E-state index in [1.54, 1.807) is 25.3 Å². The third-order valence-corrected chi connectivity index (χ3v) is 3.57. The Morgan fingerprint density at radius 2 is 2.00 bits per heavy atom. The Labute approximate surface area is 131 Å². The van der Waals surface area contributed by atoms with Crippen LogP contribution in [0.15, 0.2) is 36.4 Å². The van der Waals surface area contributed by atoms with E-state index in [0.29, 0.717) is 23.0 Å². The predicted octanol–water partition coefficient (Wildman–Crippen LogP) is 4.52. The molecule has 0 atom stereocenters. The molecule has 0 radical (unpaired) electrons. The maximum Gasteiger partial charge on any atom is 0.288 e. The molecule has 0 saturated heterocycles. The van der Waals surface area contributed by atoms with Crippen molar-refractivity contribution in [3.63, 3.8) is 0 Å². The van der Waals surface area contributed by atoms with Crippen LogP contribution in [0.1, 0.15) is 5.56 Å². The smallest absolute Gasteiger partial charge is 0.288 e. The van der Waals surface area contributed by atoms with Crippen LogP contribution < -0.4 is 10.1 Å². The van der Waals surface area contributed by atoms with Crippen molar-refractivity contribution in [3.05, 3.63) is 62.1 Å². The summed E-state index contributed by atoms with van der Waals surface area (Å²) in [5, 5.41) is 14.5. The summed E-state index contributed by atoms with van der Waals surface area (Å²) in [5.74, 6) is 0.669. The molecule has 5 nitrogen and oxygen atoms in total. The maximum absolute atomic E-state index is 10.7. The first-order valence-corrected chi connectivity index (χ1v) is 6.77. The SMILES string of the molecule is COc1cccc(Cl)c1CNc1ccc([N+](=O)[O-])c(Cl)c1. The van der Waals surface area contributed by atoms with E-state index >= 15 is 0 Å². The Kier molecular flexibility index (Phi) is 4.88. The number of nitro benzene ring substituents is 1. The largest absolute Gasteiger partial charge is 0.496 e. The molecule has 0 heterocycles. The van der Waals surface area contributed by atoms with E-state index in [1.165, 1.54) is 12.1 Å². The van der Waals surface area contributed by atoms with Crippen molar-refractivity contribution < 1.29 is 9.66 Å². The van der Waals surface area contributed by atoms with E-state index in [9.17, 15) is 10.1 Å². The minimum Gasteiger partial charge on any atom is -0.496 e. The highest BCUT2D eigenvalue weighted by Crippen LogP contribution is 2.30. The molecule has 0 fully saturated rings. The summed E-state index contributed by atoms with van der Waals surface area (Å²) < 4.78 is 5.25. The standard InChI is InChI=1S/C14H12Cl2N2O3/c1-21-14-4-2-3-11(15)10(14)8-17-9-5-6-13(18(19)20)12(16)7-9/h2-7,17H,8H2,1H3. The normalized spacial score (nSPS) is 10.2. The van der Waals surface area contributed by atoms with Gasteiger partial charge in [0.15, 0.2) is 0 Å². The fourth-order valence-electron chi connectivity index (χ4n) is 1.86. The molecule has 2 aromatic carbocycles. The summed E-state index contributed by atoms with van der Waals surface area (Å²) in [5.41, 5.74) is 1.33. The number of nitrogens with zero attached hydrogens (tertiary/aromatic N) is 1. The molecule has 0 saturated carbocycles. The van der Waals surface area contributed by atoms with E-state index in [-0.39, 0.29) is 10.7 Å². The summed E-state index contributed by atoms with van der Waals surface area (Å²) in [6, 6.07) is 9.83. The van der Waals surface area contributed by atoms with E-state index in [2.05, 4.69) is 5.32 Å². The van der Waals surface area contributed by atoms with Crippen molar-refractivity contribution in [2.24, 2.45) is 0 Å². The predicted molar refractivity (Wildman–Crippen MR) is 83.4 cm³/mol. The maximum atomic E-state index is 10.7. The highest BCUT2D eigenvalue weighted by molar-refractivity contribution is 6.33. The van der Waals surface area contributed by atoms with Crippen LogP contribution in [0.3, 0.4) is 0 Å². The second-order valence-corrected chi connectivity index (χ2v) is 5.01. The quantitative estimate of drug-likeness (QED) is 0.648. The van der Waals surface area contributed by atoms with Crippen molar-refractivity contribution in [2.75, 3.05) is 12.4 Å². The molecule has 0 aromatic heterocycles. The Hall–Kier alpha value is -1.98.